The number of benzene rings is 1. The van der Waals surface area contributed by atoms with Crippen molar-refractivity contribution in [2.45, 2.75) is 77.3 Å². The van der Waals surface area contributed by atoms with Crippen LogP contribution >= 0.6 is 0 Å². The third kappa shape index (κ3) is 6.02. The van der Waals surface area contributed by atoms with Gasteiger partial charge in [-0.3, -0.25) is 9.59 Å². The lowest BCUT2D eigenvalue weighted by Crippen LogP contribution is -2.47. The molecule has 2 N–H and O–H groups in total. The van der Waals surface area contributed by atoms with Crippen molar-refractivity contribution in [3.05, 3.63) is 24.3 Å². The Bertz CT molecular complexity index is 818. The molecule has 1 aliphatic rings. The second-order valence-corrected chi connectivity index (χ2v) is 10.6. The second-order valence-electron chi connectivity index (χ2n) is 8.79. The van der Waals surface area contributed by atoms with Crippen molar-refractivity contribution in [1.29, 1.82) is 0 Å². The molecule has 0 aliphatic carbocycles. The van der Waals surface area contributed by atoms with E-state index in [1.165, 1.54) is 12.1 Å². The predicted molar refractivity (Wildman–Crippen MR) is 114 cm³/mol. The fourth-order valence-electron chi connectivity index (χ4n) is 3.48. The SMILES string of the molecule is C[C@H]1CCC[C@H](C)N1S(=O)(=O)c1ccc(NC(=O)CCNC(=O)C(C)(C)C)cc1. The first-order valence-corrected chi connectivity index (χ1v) is 11.6. The maximum absolute atomic E-state index is 13.0. The van der Waals surface area contributed by atoms with Gasteiger partial charge in [-0.2, -0.15) is 4.31 Å². The van der Waals surface area contributed by atoms with Crippen LogP contribution in [-0.2, 0) is 19.6 Å². The number of piperidine rings is 1. The van der Waals surface area contributed by atoms with Crippen LogP contribution in [0.4, 0.5) is 5.69 Å². The van der Waals surface area contributed by atoms with E-state index in [0.717, 1.165) is 19.3 Å². The van der Waals surface area contributed by atoms with Gasteiger partial charge in [0.25, 0.3) is 0 Å². The van der Waals surface area contributed by atoms with Gasteiger partial charge in [0.15, 0.2) is 0 Å². The Balaban J connectivity index is 1.96. The summed E-state index contributed by atoms with van der Waals surface area (Å²) in [7, 11) is -3.57. The van der Waals surface area contributed by atoms with Gasteiger partial charge in [0.2, 0.25) is 21.8 Å². The third-order valence-corrected chi connectivity index (χ3v) is 7.29. The number of rotatable bonds is 6. The van der Waals surface area contributed by atoms with Gasteiger partial charge in [-0.25, -0.2) is 8.42 Å². The van der Waals surface area contributed by atoms with Gasteiger partial charge in [-0.05, 0) is 51.0 Å². The second kappa shape index (κ2) is 9.26. The van der Waals surface area contributed by atoms with Crippen LogP contribution in [0.1, 0.15) is 60.3 Å². The highest BCUT2D eigenvalue weighted by molar-refractivity contribution is 7.89. The molecule has 0 aromatic heterocycles. The number of nitrogens with zero attached hydrogens (tertiary/aromatic N) is 1. The first-order valence-electron chi connectivity index (χ1n) is 10.1. The average molecular weight is 424 g/mol. The zero-order valence-corrected chi connectivity index (χ0v) is 18.8. The molecule has 0 bridgehead atoms. The van der Waals surface area contributed by atoms with Crippen LogP contribution in [0, 0.1) is 5.41 Å². The molecule has 1 saturated heterocycles. The molecule has 0 unspecified atom stereocenters. The van der Waals surface area contributed by atoms with Crippen LogP contribution in [0.5, 0.6) is 0 Å². The molecule has 1 heterocycles. The van der Waals surface area contributed by atoms with E-state index in [1.807, 2.05) is 34.6 Å². The minimum atomic E-state index is -3.57. The Labute approximate surface area is 174 Å². The first kappa shape index (κ1) is 23.3. The summed E-state index contributed by atoms with van der Waals surface area (Å²) < 4.78 is 27.7. The number of hydrogen-bond donors (Lipinski definition) is 2. The van der Waals surface area contributed by atoms with E-state index < -0.39 is 15.4 Å². The number of amides is 2. The fraction of sp³-hybridized carbons (Fsp3) is 0.619. The number of carbonyl (C=O) groups is 2. The third-order valence-electron chi connectivity index (χ3n) is 5.14. The summed E-state index contributed by atoms with van der Waals surface area (Å²) in [5, 5.41) is 5.46. The van der Waals surface area contributed by atoms with Crippen LogP contribution in [0.15, 0.2) is 29.2 Å². The summed E-state index contributed by atoms with van der Waals surface area (Å²) in [5.41, 5.74) is 0.0251. The number of nitrogens with one attached hydrogen (secondary N) is 2. The summed E-state index contributed by atoms with van der Waals surface area (Å²) in [6, 6.07) is 6.20. The maximum atomic E-state index is 13.0. The molecule has 2 rings (SSSR count). The van der Waals surface area contributed by atoms with E-state index in [-0.39, 0.29) is 41.8 Å². The largest absolute Gasteiger partial charge is 0.355 e. The lowest BCUT2D eigenvalue weighted by molar-refractivity contribution is -0.128. The van der Waals surface area contributed by atoms with E-state index in [4.69, 9.17) is 0 Å². The molecule has 29 heavy (non-hydrogen) atoms. The minimum absolute atomic E-state index is 0.0218. The van der Waals surface area contributed by atoms with Crippen molar-refractivity contribution in [2.24, 2.45) is 5.41 Å². The normalized spacial score (nSPS) is 20.9. The average Bonchev–Trinajstić information content (AvgIpc) is 2.61. The highest BCUT2D eigenvalue weighted by Crippen LogP contribution is 2.29. The lowest BCUT2D eigenvalue weighted by atomic mass is 9.96. The zero-order valence-electron chi connectivity index (χ0n) is 18.0. The van der Waals surface area contributed by atoms with E-state index in [0.29, 0.717) is 5.69 Å². The Morgan fingerprint density at radius 1 is 1.07 bits per heavy atom. The number of anilines is 1. The van der Waals surface area contributed by atoms with E-state index >= 15 is 0 Å². The van der Waals surface area contributed by atoms with Gasteiger partial charge in [-0.1, -0.05) is 27.2 Å². The van der Waals surface area contributed by atoms with Crippen LogP contribution in [0.3, 0.4) is 0 Å². The Morgan fingerprint density at radius 2 is 1.62 bits per heavy atom. The molecule has 2 amide bonds. The standard InChI is InChI=1S/C21H33N3O4S/c1-15-7-6-8-16(2)24(15)29(27,28)18-11-9-17(10-12-18)23-19(25)13-14-22-20(26)21(3,4)5/h9-12,15-16H,6-8,13-14H2,1-5H3,(H,22,26)(H,23,25)/t15-,16-/m0/s1. The van der Waals surface area contributed by atoms with Crippen LogP contribution in [0.2, 0.25) is 0 Å². The quantitative estimate of drug-likeness (QED) is 0.735. The van der Waals surface area contributed by atoms with Gasteiger partial charge in [-0.15, -0.1) is 0 Å². The monoisotopic (exact) mass is 423 g/mol. The lowest BCUT2D eigenvalue weighted by Gasteiger charge is -2.37. The van der Waals surface area contributed by atoms with Crippen LogP contribution in [0.25, 0.3) is 0 Å². The highest BCUT2D eigenvalue weighted by Gasteiger charge is 2.35. The van der Waals surface area contributed by atoms with Gasteiger partial charge >= 0.3 is 0 Å². The van der Waals surface area contributed by atoms with E-state index in [2.05, 4.69) is 10.6 Å². The smallest absolute Gasteiger partial charge is 0.243 e. The first-order chi connectivity index (χ1) is 13.4. The molecule has 0 spiro atoms. The maximum Gasteiger partial charge on any atom is 0.243 e. The van der Waals surface area contributed by atoms with Crippen LogP contribution < -0.4 is 10.6 Å². The summed E-state index contributed by atoms with van der Waals surface area (Å²) in [6.07, 6.45) is 2.91. The van der Waals surface area contributed by atoms with Gasteiger partial charge < -0.3 is 10.6 Å². The fourth-order valence-corrected chi connectivity index (χ4v) is 5.36. The van der Waals surface area contributed by atoms with Gasteiger partial charge in [0, 0.05) is 36.2 Å². The molecule has 0 radical (unpaired) electrons. The predicted octanol–water partition coefficient (Wildman–Crippen LogP) is 3.13. The summed E-state index contributed by atoms with van der Waals surface area (Å²) in [5.74, 6) is -0.353. The molecule has 1 fully saturated rings. The van der Waals surface area contributed by atoms with Crippen molar-refractivity contribution in [2.75, 3.05) is 11.9 Å². The van der Waals surface area contributed by atoms with Crippen molar-refractivity contribution in [3.63, 3.8) is 0 Å². The number of hydrogen-bond acceptors (Lipinski definition) is 4. The van der Waals surface area contributed by atoms with E-state index in [1.54, 1.807) is 16.4 Å². The molecular weight excluding hydrogens is 390 g/mol. The Morgan fingerprint density at radius 3 is 2.14 bits per heavy atom. The summed E-state index contributed by atoms with van der Waals surface area (Å²) in [6.45, 7) is 9.57. The molecule has 1 aromatic rings. The molecular formula is C21H33N3O4S. The minimum Gasteiger partial charge on any atom is -0.355 e. The molecule has 7 nitrogen and oxygen atoms in total. The van der Waals surface area contributed by atoms with Gasteiger partial charge in [0.05, 0.1) is 4.90 Å². The number of carbonyl (C=O) groups excluding carboxylic acids is 2. The Kier molecular flexibility index (Phi) is 7.45. The molecule has 8 heteroatoms. The molecule has 162 valence electrons. The van der Waals surface area contributed by atoms with Crippen molar-refractivity contribution < 1.29 is 18.0 Å². The summed E-state index contributed by atoms with van der Waals surface area (Å²) >= 11 is 0. The summed E-state index contributed by atoms with van der Waals surface area (Å²) in [4.78, 5) is 24.1. The molecule has 0 saturated carbocycles. The molecule has 1 aromatic carbocycles. The topological polar surface area (TPSA) is 95.6 Å². The van der Waals surface area contributed by atoms with Crippen molar-refractivity contribution in [1.82, 2.24) is 9.62 Å². The Hall–Kier alpha value is -1.93. The van der Waals surface area contributed by atoms with Crippen LogP contribution in [-0.4, -0.2) is 43.2 Å². The van der Waals surface area contributed by atoms with Crippen molar-refractivity contribution >= 4 is 27.5 Å². The van der Waals surface area contributed by atoms with E-state index in [9.17, 15) is 18.0 Å². The van der Waals surface area contributed by atoms with Crippen molar-refractivity contribution in [3.8, 4) is 0 Å². The molecule has 2 atom stereocenters. The van der Waals surface area contributed by atoms with Gasteiger partial charge in [0.1, 0.15) is 0 Å². The number of sulfonamides is 1. The molecule has 1 aliphatic heterocycles. The highest BCUT2D eigenvalue weighted by atomic mass is 32.2. The zero-order chi connectivity index (χ0) is 21.8.